The van der Waals surface area contributed by atoms with Gasteiger partial charge < -0.3 is 16.2 Å². The Morgan fingerprint density at radius 3 is 2.84 bits per heavy atom. The molecule has 1 fully saturated rings. The number of carboxylic acids is 1. The van der Waals surface area contributed by atoms with Crippen molar-refractivity contribution in [1.82, 2.24) is 0 Å². The molecule has 5 heteroatoms. The van der Waals surface area contributed by atoms with E-state index < -0.39 is 11.8 Å². The van der Waals surface area contributed by atoms with E-state index >= 15 is 0 Å². The van der Waals surface area contributed by atoms with E-state index in [0.29, 0.717) is 18.2 Å². The Morgan fingerprint density at radius 2 is 2.26 bits per heavy atom. The quantitative estimate of drug-likeness (QED) is 0.732. The molecule has 104 valence electrons. The van der Waals surface area contributed by atoms with Gasteiger partial charge in [-0.25, -0.2) is 9.18 Å². The number of halogens is 1. The summed E-state index contributed by atoms with van der Waals surface area (Å²) < 4.78 is 13.3. The summed E-state index contributed by atoms with van der Waals surface area (Å²) in [6.07, 6.45) is 3.50. The lowest BCUT2D eigenvalue weighted by molar-refractivity contribution is 0.0698. The van der Waals surface area contributed by atoms with Gasteiger partial charge in [-0.05, 0) is 36.8 Å². The van der Waals surface area contributed by atoms with E-state index in [1.54, 1.807) is 0 Å². The zero-order valence-electron chi connectivity index (χ0n) is 10.9. The maximum atomic E-state index is 13.3. The van der Waals surface area contributed by atoms with Crippen molar-refractivity contribution >= 4 is 17.3 Å². The molecular formula is C14H19FN2O2. The molecule has 0 bridgehead atoms. The average Bonchev–Trinajstić information content (AvgIpc) is 2.76. The van der Waals surface area contributed by atoms with Crippen molar-refractivity contribution < 1.29 is 14.3 Å². The monoisotopic (exact) mass is 266 g/mol. The highest BCUT2D eigenvalue weighted by Gasteiger charge is 2.22. The maximum absolute atomic E-state index is 13.3. The molecule has 1 aliphatic rings. The van der Waals surface area contributed by atoms with Gasteiger partial charge in [0.05, 0.1) is 11.4 Å². The fourth-order valence-electron chi connectivity index (χ4n) is 2.74. The molecule has 1 aliphatic carbocycles. The average molecular weight is 266 g/mol. The van der Waals surface area contributed by atoms with Crippen LogP contribution in [0.2, 0.25) is 0 Å². The van der Waals surface area contributed by atoms with E-state index in [9.17, 15) is 9.18 Å². The Bertz CT molecular complexity index is 491. The standard InChI is InChI=1S/C14H19FN2O2/c1-8-2-3-9(6-8)7-17-11-5-4-10(15)13(16)12(11)14(18)19/h4-5,8-9,17H,2-3,6-7,16H2,1H3,(H,18,19). The summed E-state index contributed by atoms with van der Waals surface area (Å²) in [5.41, 5.74) is 5.41. The van der Waals surface area contributed by atoms with Crippen molar-refractivity contribution in [3.8, 4) is 0 Å². The Kier molecular flexibility index (Phi) is 3.93. The zero-order chi connectivity index (χ0) is 14.0. The molecular weight excluding hydrogens is 247 g/mol. The van der Waals surface area contributed by atoms with Crippen LogP contribution in [0.4, 0.5) is 15.8 Å². The maximum Gasteiger partial charge on any atom is 0.340 e. The van der Waals surface area contributed by atoms with Crippen molar-refractivity contribution in [3.05, 3.63) is 23.5 Å². The van der Waals surface area contributed by atoms with E-state index in [-0.39, 0.29) is 11.3 Å². The first-order valence-corrected chi connectivity index (χ1v) is 6.54. The number of rotatable bonds is 4. The number of carbonyl (C=O) groups is 1. The van der Waals surface area contributed by atoms with Crippen LogP contribution in [0.5, 0.6) is 0 Å². The third-order valence-corrected chi connectivity index (χ3v) is 3.79. The minimum Gasteiger partial charge on any atom is -0.478 e. The first-order valence-electron chi connectivity index (χ1n) is 6.54. The summed E-state index contributed by atoms with van der Waals surface area (Å²) in [6, 6.07) is 2.63. The van der Waals surface area contributed by atoms with E-state index in [2.05, 4.69) is 12.2 Å². The highest BCUT2D eigenvalue weighted by molar-refractivity contribution is 6.00. The molecule has 2 rings (SSSR count). The number of nitrogen functional groups attached to an aromatic ring is 1. The summed E-state index contributed by atoms with van der Waals surface area (Å²) in [7, 11) is 0. The van der Waals surface area contributed by atoms with Crippen LogP contribution in [0, 0.1) is 17.7 Å². The van der Waals surface area contributed by atoms with Gasteiger partial charge in [0, 0.05) is 6.54 Å². The molecule has 0 aromatic heterocycles. The van der Waals surface area contributed by atoms with E-state index in [1.165, 1.54) is 18.6 Å². The molecule has 0 spiro atoms. The molecule has 2 atom stereocenters. The van der Waals surface area contributed by atoms with Crippen LogP contribution in [0.1, 0.15) is 36.5 Å². The lowest BCUT2D eigenvalue weighted by Crippen LogP contribution is -2.15. The summed E-state index contributed by atoms with van der Waals surface area (Å²) in [6.45, 7) is 2.92. The van der Waals surface area contributed by atoms with Crippen molar-refractivity contribution in [2.75, 3.05) is 17.6 Å². The largest absolute Gasteiger partial charge is 0.478 e. The van der Waals surface area contributed by atoms with E-state index in [4.69, 9.17) is 10.8 Å². The number of aromatic carboxylic acids is 1. The van der Waals surface area contributed by atoms with Gasteiger partial charge in [-0.3, -0.25) is 0 Å². The van der Waals surface area contributed by atoms with Gasteiger partial charge in [0.1, 0.15) is 11.4 Å². The third-order valence-electron chi connectivity index (χ3n) is 3.79. The Hall–Kier alpha value is -1.78. The molecule has 1 aromatic rings. The Morgan fingerprint density at radius 1 is 1.53 bits per heavy atom. The molecule has 0 aliphatic heterocycles. The lowest BCUT2D eigenvalue weighted by atomic mass is 10.1. The Balaban J connectivity index is 2.12. The van der Waals surface area contributed by atoms with Crippen LogP contribution >= 0.6 is 0 Å². The second-order valence-electron chi connectivity index (χ2n) is 5.35. The molecule has 1 aromatic carbocycles. The molecule has 4 N–H and O–H groups in total. The second kappa shape index (κ2) is 5.47. The second-order valence-corrected chi connectivity index (χ2v) is 5.35. The summed E-state index contributed by atoms with van der Waals surface area (Å²) >= 11 is 0. The molecule has 1 saturated carbocycles. The first-order chi connectivity index (χ1) is 8.99. The van der Waals surface area contributed by atoms with Gasteiger partial charge in [0.15, 0.2) is 0 Å². The molecule has 0 radical (unpaired) electrons. The predicted molar refractivity (Wildman–Crippen MR) is 72.8 cm³/mol. The first kappa shape index (κ1) is 13.6. The molecule has 0 saturated heterocycles. The molecule has 0 heterocycles. The smallest absolute Gasteiger partial charge is 0.340 e. The lowest BCUT2D eigenvalue weighted by Gasteiger charge is -2.15. The summed E-state index contributed by atoms with van der Waals surface area (Å²) in [5, 5.41) is 12.2. The fraction of sp³-hybridized carbons (Fsp3) is 0.500. The van der Waals surface area contributed by atoms with Crippen LogP contribution in [0.3, 0.4) is 0 Å². The molecule has 19 heavy (non-hydrogen) atoms. The van der Waals surface area contributed by atoms with E-state index in [1.807, 2.05) is 0 Å². The summed E-state index contributed by atoms with van der Waals surface area (Å²) in [4.78, 5) is 11.2. The van der Waals surface area contributed by atoms with Crippen molar-refractivity contribution in [3.63, 3.8) is 0 Å². The topological polar surface area (TPSA) is 75.3 Å². The third kappa shape index (κ3) is 2.97. The van der Waals surface area contributed by atoms with Gasteiger partial charge in [0.25, 0.3) is 0 Å². The molecule has 0 amide bonds. The predicted octanol–water partition coefficient (Wildman–Crippen LogP) is 2.95. The SMILES string of the molecule is CC1CCC(CNc2ccc(F)c(N)c2C(=O)O)C1. The van der Waals surface area contributed by atoms with E-state index in [0.717, 1.165) is 18.8 Å². The van der Waals surface area contributed by atoms with Gasteiger partial charge >= 0.3 is 5.97 Å². The van der Waals surface area contributed by atoms with Crippen molar-refractivity contribution in [2.24, 2.45) is 11.8 Å². The number of carboxylic acid groups (broad SMARTS) is 1. The normalized spacial score (nSPS) is 22.4. The van der Waals surface area contributed by atoms with Crippen molar-refractivity contribution in [1.29, 1.82) is 0 Å². The van der Waals surface area contributed by atoms with Gasteiger partial charge in [-0.15, -0.1) is 0 Å². The highest BCUT2D eigenvalue weighted by atomic mass is 19.1. The number of benzene rings is 1. The van der Waals surface area contributed by atoms with Gasteiger partial charge in [0.2, 0.25) is 0 Å². The zero-order valence-corrected chi connectivity index (χ0v) is 10.9. The van der Waals surface area contributed by atoms with Crippen molar-refractivity contribution in [2.45, 2.75) is 26.2 Å². The van der Waals surface area contributed by atoms with Gasteiger partial charge in [-0.1, -0.05) is 13.3 Å². The number of nitrogens with one attached hydrogen (secondary N) is 1. The van der Waals surface area contributed by atoms with Gasteiger partial charge in [-0.2, -0.15) is 0 Å². The number of hydrogen-bond acceptors (Lipinski definition) is 3. The molecule has 4 nitrogen and oxygen atoms in total. The molecule has 2 unspecified atom stereocenters. The minimum absolute atomic E-state index is 0.175. The van der Waals surface area contributed by atoms with Crippen LogP contribution in [-0.2, 0) is 0 Å². The number of hydrogen-bond donors (Lipinski definition) is 3. The van der Waals surface area contributed by atoms with Crippen LogP contribution in [-0.4, -0.2) is 17.6 Å². The number of anilines is 2. The fourth-order valence-corrected chi connectivity index (χ4v) is 2.74. The Labute approximate surface area is 111 Å². The minimum atomic E-state index is -1.21. The summed E-state index contributed by atoms with van der Waals surface area (Å²) in [5.74, 6) is -0.635. The van der Waals surface area contributed by atoms with Crippen LogP contribution < -0.4 is 11.1 Å². The number of nitrogens with two attached hydrogens (primary N) is 1. The van der Waals surface area contributed by atoms with Crippen LogP contribution in [0.15, 0.2) is 12.1 Å². The highest BCUT2D eigenvalue weighted by Crippen LogP contribution is 2.31. The van der Waals surface area contributed by atoms with Crippen LogP contribution in [0.25, 0.3) is 0 Å².